The smallest absolute Gasteiger partial charge is 0.303 e. The van der Waals surface area contributed by atoms with Crippen LogP contribution >= 0.6 is 0 Å². The molecule has 36 heteroatoms. The number of amides is 14. The number of benzene rings is 2. The summed E-state index contributed by atoms with van der Waals surface area (Å²) < 4.78 is 0. The molecule has 0 saturated heterocycles. The van der Waals surface area contributed by atoms with Gasteiger partial charge in [0.25, 0.3) is 0 Å². The van der Waals surface area contributed by atoms with Crippen molar-refractivity contribution in [2.24, 2.45) is 46.2 Å². The van der Waals surface area contributed by atoms with Crippen LogP contribution in [0.3, 0.4) is 0 Å². The first-order valence-corrected chi connectivity index (χ1v) is 35.3. The van der Waals surface area contributed by atoms with E-state index in [1.165, 1.54) is 6.92 Å². The molecule has 0 saturated carbocycles. The maximum absolute atomic E-state index is 14.6. The first-order chi connectivity index (χ1) is 49.8. The molecule has 105 heavy (non-hydrogen) atoms. The molecule has 0 aliphatic heterocycles. The summed E-state index contributed by atoms with van der Waals surface area (Å²) in [7, 11) is 0. The highest BCUT2D eigenvalue weighted by molar-refractivity contribution is 6.00. The molecule has 0 spiro atoms. The standard InChI is InChI=1S/C69H112N18O18/c1-39(2)32-49(66(102)81-44(22-12-15-29-70)60(96)79-46(24-14-17-31-72)62(98)86-52(35-43-20-10-7-11-21-43)68(104)87-53(37-88)58(75)94)84-67(103)50(33-40(3)4)83-61(97)45(23-13-16-30-71)80-63(99)47(25-27-55(74)90)78-59(95)41(5)76-65(101)51(34-42-18-8-6-9-19-42)85-64(100)48(26-28-57(92)93)82-69(105)54(38-89)77-56(91)36-73/h6-11,18-21,39-41,44-54,88-89H,12-17,22-38,70-73H2,1-5H3,(H2,74,90)(H2,75,94)(H,76,101)(H,77,91)(H,78,95)(H,79,96)(H,80,99)(H,81,102)(H,82,105)(H,83,97)(H,84,103)(H,85,100)(H,86,98)(H,87,104)(H,92,93)/t41-,44-,45-,46-,47-,48-,49-,50-,51-,52-,53-,54-/m0/s1. The molecule has 0 unspecified atom stereocenters. The van der Waals surface area contributed by atoms with Crippen molar-refractivity contribution < 1.29 is 87.2 Å². The molecule has 0 aromatic heterocycles. The Morgan fingerprint density at radius 2 is 0.638 bits per heavy atom. The molecule has 2 aromatic rings. The maximum Gasteiger partial charge on any atom is 0.303 e. The van der Waals surface area contributed by atoms with Crippen LogP contribution in [0.5, 0.6) is 0 Å². The zero-order chi connectivity index (χ0) is 78.7. The van der Waals surface area contributed by atoms with Gasteiger partial charge in [-0.1, -0.05) is 88.4 Å². The summed E-state index contributed by atoms with van der Waals surface area (Å²) in [5.74, 6) is -14.8. The molecule has 0 fully saturated rings. The quantitative estimate of drug-likeness (QED) is 0.0275. The number of primary amides is 2. The number of nitrogens with two attached hydrogens (primary N) is 6. The van der Waals surface area contributed by atoms with Crippen LogP contribution in [0.2, 0.25) is 0 Å². The number of hydrogen-bond donors (Lipinski definition) is 21. The average molecular weight is 1480 g/mol. The van der Waals surface area contributed by atoms with Crippen molar-refractivity contribution in [1.29, 1.82) is 0 Å². The van der Waals surface area contributed by atoms with Gasteiger partial charge >= 0.3 is 5.97 Å². The minimum Gasteiger partial charge on any atom is -0.481 e. The molecule has 0 aliphatic rings. The van der Waals surface area contributed by atoms with Crippen molar-refractivity contribution >= 4 is 88.7 Å². The summed E-state index contributed by atoms with van der Waals surface area (Å²) >= 11 is 0. The molecule has 36 nitrogen and oxygen atoms in total. The molecule has 0 heterocycles. The van der Waals surface area contributed by atoms with Crippen LogP contribution < -0.4 is 98.2 Å². The van der Waals surface area contributed by atoms with Crippen LogP contribution in [0.4, 0.5) is 0 Å². The summed E-state index contributed by atoms with van der Waals surface area (Å²) in [4.78, 5) is 204. The number of hydrogen-bond acceptors (Lipinski definition) is 21. The molecule has 14 amide bonds. The molecule has 0 bridgehead atoms. The fraction of sp³-hybridized carbons (Fsp3) is 0.609. The Balaban J connectivity index is 2.51. The number of carbonyl (C=O) groups excluding carboxylic acids is 14. The van der Waals surface area contributed by atoms with Gasteiger partial charge in [0, 0.05) is 25.7 Å². The van der Waals surface area contributed by atoms with Gasteiger partial charge in [-0.05, 0) is 133 Å². The molecular formula is C69H112N18O18. The number of nitrogens with one attached hydrogen (secondary N) is 12. The summed E-state index contributed by atoms with van der Waals surface area (Å²) in [5.41, 5.74) is 34.8. The third-order valence-electron chi connectivity index (χ3n) is 16.5. The Hall–Kier alpha value is -9.75. The number of carboxylic acids is 1. The lowest BCUT2D eigenvalue weighted by Crippen LogP contribution is -2.61. The number of carboxylic acid groups (broad SMARTS) is 1. The monoisotopic (exact) mass is 1480 g/mol. The summed E-state index contributed by atoms with van der Waals surface area (Å²) in [6.45, 7) is 6.60. The predicted octanol–water partition coefficient (Wildman–Crippen LogP) is -5.65. The molecule has 2 rings (SSSR count). The van der Waals surface area contributed by atoms with E-state index >= 15 is 0 Å². The highest BCUT2D eigenvalue weighted by Crippen LogP contribution is 2.15. The fourth-order valence-corrected chi connectivity index (χ4v) is 10.7. The normalized spacial score (nSPS) is 14.6. The van der Waals surface area contributed by atoms with E-state index in [0.29, 0.717) is 43.2 Å². The Bertz CT molecular complexity index is 3150. The van der Waals surface area contributed by atoms with Crippen molar-refractivity contribution in [3.63, 3.8) is 0 Å². The molecule has 27 N–H and O–H groups in total. The van der Waals surface area contributed by atoms with E-state index in [0.717, 1.165) is 0 Å². The number of rotatable bonds is 53. The Kier molecular flexibility index (Phi) is 43.3. The first-order valence-electron chi connectivity index (χ1n) is 35.3. The molecule has 586 valence electrons. The minimum absolute atomic E-state index is 0.00685. The lowest BCUT2D eigenvalue weighted by atomic mass is 9.98. The van der Waals surface area contributed by atoms with Gasteiger partial charge in [0.05, 0.1) is 19.8 Å². The second-order valence-electron chi connectivity index (χ2n) is 26.4. The van der Waals surface area contributed by atoms with Crippen LogP contribution in [0.1, 0.15) is 142 Å². The number of aliphatic hydroxyl groups is 2. The van der Waals surface area contributed by atoms with Crippen molar-refractivity contribution in [1.82, 2.24) is 63.8 Å². The van der Waals surface area contributed by atoms with Gasteiger partial charge in [-0.25, -0.2) is 0 Å². The van der Waals surface area contributed by atoms with Crippen molar-refractivity contribution in [3.05, 3.63) is 71.8 Å². The van der Waals surface area contributed by atoms with Crippen LogP contribution in [-0.2, 0) is 84.8 Å². The predicted molar refractivity (Wildman–Crippen MR) is 384 cm³/mol. The largest absolute Gasteiger partial charge is 0.481 e. The topological polar surface area (TPSA) is 617 Å². The number of aliphatic carboxylic acids is 1. The van der Waals surface area contributed by atoms with E-state index in [9.17, 15) is 87.2 Å². The fourth-order valence-electron chi connectivity index (χ4n) is 10.7. The van der Waals surface area contributed by atoms with Crippen molar-refractivity contribution in [2.45, 2.75) is 216 Å². The molecular weight excluding hydrogens is 1370 g/mol. The van der Waals surface area contributed by atoms with Gasteiger partial charge in [-0.2, -0.15) is 0 Å². The van der Waals surface area contributed by atoms with Crippen molar-refractivity contribution in [2.75, 3.05) is 39.4 Å². The van der Waals surface area contributed by atoms with Crippen LogP contribution in [0.15, 0.2) is 60.7 Å². The third kappa shape index (κ3) is 36.0. The second-order valence-corrected chi connectivity index (χ2v) is 26.4. The third-order valence-corrected chi connectivity index (χ3v) is 16.5. The van der Waals surface area contributed by atoms with E-state index in [4.69, 9.17) is 34.4 Å². The van der Waals surface area contributed by atoms with E-state index < -0.39 is 207 Å². The van der Waals surface area contributed by atoms with Crippen LogP contribution in [0.25, 0.3) is 0 Å². The van der Waals surface area contributed by atoms with Gasteiger partial charge in [0.2, 0.25) is 82.7 Å². The molecule has 0 aliphatic carbocycles. The maximum atomic E-state index is 14.6. The van der Waals surface area contributed by atoms with Gasteiger partial charge in [0.15, 0.2) is 0 Å². The summed E-state index contributed by atoms with van der Waals surface area (Å²) in [5, 5.41) is 59.5. The second kappa shape index (κ2) is 49.8. The molecule has 12 atom stereocenters. The summed E-state index contributed by atoms with van der Waals surface area (Å²) in [6, 6.07) is -0.863. The first kappa shape index (κ1) is 91.3. The highest BCUT2D eigenvalue weighted by atomic mass is 16.4. The van der Waals surface area contributed by atoms with E-state index in [1.807, 2.05) is 0 Å². The summed E-state index contributed by atoms with van der Waals surface area (Å²) in [6.07, 6.45) is -0.388. The number of aliphatic hydroxyl groups excluding tert-OH is 2. The Morgan fingerprint density at radius 3 is 0.962 bits per heavy atom. The lowest BCUT2D eigenvalue weighted by molar-refractivity contribution is -0.139. The zero-order valence-corrected chi connectivity index (χ0v) is 60.5. The van der Waals surface area contributed by atoms with E-state index in [1.54, 1.807) is 88.4 Å². The number of unbranched alkanes of at least 4 members (excludes halogenated alkanes) is 3. The zero-order valence-electron chi connectivity index (χ0n) is 60.5. The van der Waals surface area contributed by atoms with E-state index in [2.05, 4.69) is 63.8 Å². The number of carbonyl (C=O) groups is 15. The van der Waals surface area contributed by atoms with Crippen LogP contribution in [0, 0.1) is 11.8 Å². The van der Waals surface area contributed by atoms with Gasteiger partial charge in [-0.15, -0.1) is 0 Å². The van der Waals surface area contributed by atoms with Crippen LogP contribution in [-0.4, -0.2) is 216 Å². The van der Waals surface area contributed by atoms with Gasteiger partial charge in [-0.3, -0.25) is 71.9 Å². The average Bonchev–Trinajstić information content (AvgIpc) is 0.863. The minimum atomic E-state index is -1.66. The van der Waals surface area contributed by atoms with Crippen molar-refractivity contribution in [3.8, 4) is 0 Å². The van der Waals surface area contributed by atoms with Gasteiger partial charge in [0.1, 0.15) is 72.5 Å². The van der Waals surface area contributed by atoms with E-state index in [-0.39, 0.29) is 82.8 Å². The Morgan fingerprint density at radius 1 is 0.343 bits per heavy atom. The highest BCUT2D eigenvalue weighted by Gasteiger charge is 2.37. The molecule has 2 aromatic carbocycles. The molecule has 0 radical (unpaired) electrons. The van der Waals surface area contributed by atoms with Gasteiger partial charge < -0.3 is 114 Å². The SMILES string of the molecule is CC(C)C[C@H](NC(=O)[C@H](CCCCN)NC(=O)[C@H](CCC(N)=O)NC(=O)[C@H](C)NC(=O)[C@H](Cc1ccccc1)NC(=O)[C@H](CCC(=O)O)NC(=O)[C@H](CO)NC(=O)CN)C(=O)N[C@@H](CC(C)C)C(=O)N[C@@H](CCCCN)C(=O)N[C@@H](CCCCN)C(=O)N[C@@H](Cc1ccccc1)C(=O)N[C@@H](CO)C(N)=O. The Labute approximate surface area is 611 Å². The lowest BCUT2D eigenvalue weighted by Gasteiger charge is -2.29.